The van der Waals surface area contributed by atoms with Crippen LogP contribution in [0.25, 0.3) is 0 Å². The molecule has 1 heterocycles. The maximum Gasteiger partial charge on any atom is 0.302 e. The third kappa shape index (κ3) is 8.89. The second-order valence-electron chi connectivity index (χ2n) is 8.57. The Balaban J connectivity index is 1.81. The first-order valence-electron chi connectivity index (χ1n) is 12.2. The zero-order valence-electron chi connectivity index (χ0n) is 20.5. The van der Waals surface area contributed by atoms with Gasteiger partial charge in [-0.3, -0.25) is 4.79 Å². The van der Waals surface area contributed by atoms with E-state index in [1.165, 1.54) is 50.2 Å². The van der Waals surface area contributed by atoms with Crippen LogP contribution in [-0.2, 0) is 20.7 Å². The fourth-order valence-corrected chi connectivity index (χ4v) is 4.17. The van der Waals surface area contributed by atoms with Gasteiger partial charge in [-0.15, -0.1) is 0 Å². The number of carbonyl (C=O) groups is 1. The topological polar surface area (TPSA) is 63.2 Å². The molecular formula is C26H42O6. The number of rotatable bonds is 15. The van der Waals surface area contributed by atoms with Gasteiger partial charge in [0.05, 0.1) is 27.4 Å². The molecule has 0 N–H and O–H groups in total. The molecule has 0 saturated carbocycles. The molecule has 182 valence electrons. The van der Waals surface area contributed by atoms with Crippen molar-refractivity contribution in [3.63, 3.8) is 0 Å². The summed E-state index contributed by atoms with van der Waals surface area (Å²) in [6, 6.07) is 2.04. The van der Waals surface area contributed by atoms with E-state index in [2.05, 4.69) is 6.92 Å². The fourth-order valence-electron chi connectivity index (χ4n) is 4.17. The number of benzene rings is 1. The SMILES string of the molecule is COc1cc(C)c(CCCCCCCCCCOC(C)=O)c(OC2CCCCO2)c1OC. The Morgan fingerprint density at radius 2 is 1.66 bits per heavy atom. The van der Waals surface area contributed by atoms with Crippen molar-refractivity contribution in [2.75, 3.05) is 27.4 Å². The number of unbranched alkanes of at least 4 members (excludes halogenated alkanes) is 7. The Kier molecular flexibility index (Phi) is 12.3. The average Bonchev–Trinajstić information content (AvgIpc) is 2.79. The van der Waals surface area contributed by atoms with Crippen LogP contribution in [0.3, 0.4) is 0 Å². The summed E-state index contributed by atoms with van der Waals surface area (Å²) in [5, 5.41) is 0. The molecule has 0 aliphatic carbocycles. The van der Waals surface area contributed by atoms with Crippen molar-refractivity contribution in [1.82, 2.24) is 0 Å². The molecule has 2 rings (SSSR count). The predicted molar refractivity (Wildman–Crippen MR) is 126 cm³/mol. The van der Waals surface area contributed by atoms with Gasteiger partial charge in [0.1, 0.15) is 0 Å². The summed E-state index contributed by atoms with van der Waals surface area (Å²) >= 11 is 0. The highest BCUT2D eigenvalue weighted by Gasteiger charge is 2.24. The largest absolute Gasteiger partial charge is 0.493 e. The quantitative estimate of drug-likeness (QED) is 0.236. The summed E-state index contributed by atoms with van der Waals surface area (Å²) < 4.78 is 28.4. The predicted octanol–water partition coefficient (Wildman–Crippen LogP) is 6.14. The van der Waals surface area contributed by atoms with E-state index in [1.807, 2.05) is 6.07 Å². The minimum atomic E-state index is -0.219. The van der Waals surface area contributed by atoms with Crippen molar-refractivity contribution >= 4 is 5.97 Å². The summed E-state index contributed by atoms with van der Waals surface area (Å²) in [5.74, 6) is 1.96. The van der Waals surface area contributed by atoms with Gasteiger partial charge in [0, 0.05) is 18.9 Å². The molecule has 0 aromatic heterocycles. The van der Waals surface area contributed by atoms with Gasteiger partial charge in [0.25, 0.3) is 0 Å². The van der Waals surface area contributed by atoms with Crippen LogP contribution in [0.5, 0.6) is 17.2 Å². The maximum atomic E-state index is 10.7. The Hall–Kier alpha value is -1.95. The molecule has 1 aromatic carbocycles. The Morgan fingerprint density at radius 3 is 2.25 bits per heavy atom. The third-order valence-corrected chi connectivity index (χ3v) is 5.97. The molecule has 1 atom stereocenters. The number of hydrogen-bond donors (Lipinski definition) is 0. The van der Waals surface area contributed by atoms with Gasteiger partial charge in [0.15, 0.2) is 17.8 Å². The van der Waals surface area contributed by atoms with Crippen LogP contribution in [-0.4, -0.2) is 39.7 Å². The molecule has 6 nitrogen and oxygen atoms in total. The zero-order chi connectivity index (χ0) is 23.2. The highest BCUT2D eigenvalue weighted by atomic mass is 16.7. The molecule has 1 saturated heterocycles. The number of aryl methyl sites for hydroxylation is 1. The number of carbonyl (C=O) groups excluding carboxylic acids is 1. The molecule has 32 heavy (non-hydrogen) atoms. The Labute approximate surface area is 193 Å². The summed E-state index contributed by atoms with van der Waals surface area (Å²) in [6.45, 7) is 4.87. The van der Waals surface area contributed by atoms with Gasteiger partial charge >= 0.3 is 5.97 Å². The lowest BCUT2D eigenvalue weighted by Gasteiger charge is -2.27. The van der Waals surface area contributed by atoms with Crippen LogP contribution in [0.2, 0.25) is 0 Å². The number of hydrogen-bond acceptors (Lipinski definition) is 6. The smallest absolute Gasteiger partial charge is 0.302 e. The van der Waals surface area contributed by atoms with Gasteiger partial charge in [-0.05, 0) is 50.7 Å². The van der Waals surface area contributed by atoms with E-state index >= 15 is 0 Å². The van der Waals surface area contributed by atoms with E-state index in [0.29, 0.717) is 18.1 Å². The summed E-state index contributed by atoms with van der Waals surface area (Å²) in [5.41, 5.74) is 2.36. The molecule has 0 bridgehead atoms. The van der Waals surface area contributed by atoms with E-state index in [9.17, 15) is 4.79 Å². The molecule has 0 radical (unpaired) electrons. The normalized spacial score (nSPS) is 15.9. The molecule has 6 heteroatoms. The van der Waals surface area contributed by atoms with Crippen LogP contribution < -0.4 is 14.2 Å². The van der Waals surface area contributed by atoms with E-state index < -0.39 is 0 Å². The van der Waals surface area contributed by atoms with E-state index in [0.717, 1.165) is 57.3 Å². The van der Waals surface area contributed by atoms with E-state index in [-0.39, 0.29) is 12.3 Å². The van der Waals surface area contributed by atoms with E-state index in [4.69, 9.17) is 23.7 Å². The molecule has 1 unspecified atom stereocenters. The lowest BCUT2D eigenvalue weighted by molar-refractivity contribution is -0.141. The van der Waals surface area contributed by atoms with Crippen molar-refractivity contribution in [2.45, 2.75) is 97.2 Å². The van der Waals surface area contributed by atoms with Gasteiger partial charge in [-0.2, -0.15) is 0 Å². The van der Waals surface area contributed by atoms with Crippen molar-refractivity contribution in [1.29, 1.82) is 0 Å². The molecule has 1 fully saturated rings. The second kappa shape index (κ2) is 15.0. The molecule has 1 aliphatic rings. The van der Waals surface area contributed by atoms with Gasteiger partial charge < -0.3 is 23.7 Å². The number of ether oxygens (including phenoxy) is 5. The Morgan fingerprint density at radius 1 is 0.969 bits per heavy atom. The average molecular weight is 451 g/mol. The highest BCUT2D eigenvalue weighted by molar-refractivity contribution is 5.65. The van der Waals surface area contributed by atoms with Crippen LogP contribution in [0.15, 0.2) is 6.07 Å². The summed E-state index contributed by atoms with van der Waals surface area (Å²) in [4.78, 5) is 10.7. The lowest BCUT2D eigenvalue weighted by atomic mass is 9.98. The second-order valence-corrected chi connectivity index (χ2v) is 8.57. The van der Waals surface area contributed by atoms with E-state index in [1.54, 1.807) is 14.2 Å². The zero-order valence-corrected chi connectivity index (χ0v) is 20.5. The van der Waals surface area contributed by atoms with Crippen molar-refractivity contribution in [2.24, 2.45) is 0 Å². The first-order chi connectivity index (χ1) is 15.6. The monoisotopic (exact) mass is 450 g/mol. The third-order valence-electron chi connectivity index (χ3n) is 5.97. The number of methoxy groups -OCH3 is 2. The first-order valence-corrected chi connectivity index (χ1v) is 12.2. The molecule has 1 aliphatic heterocycles. The first kappa shape index (κ1) is 26.3. The van der Waals surface area contributed by atoms with Crippen LogP contribution in [0.1, 0.15) is 88.7 Å². The van der Waals surface area contributed by atoms with Gasteiger partial charge in [-0.25, -0.2) is 0 Å². The minimum absolute atomic E-state index is 0.186. The van der Waals surface area contributed by atoms with Gasteiger partial charge in [-0.1, -0.05) is 38.5 Å². The van der Waals surface area contributed by atoms with Gasteiger partial charge in [0.2, 0.25) is 5.75 Å². The van der Waals surface area contributed by atoms with Crippen LogP contribution >= 0.6 is 0 Å². The number of esters is 1. The van der Waals surface area contributed by atoms with Crippen molar-refractivity contribution in [3.05, 3.63) is 17.2 Å². The lowest BCUT2D eigenvalue weighted by Crippen LogP contribution is -2.26. The maximum absolute atomic E-state index is 10.7. The molecular weight excluding hydrogens is 408 g/mol. The van der Waals surface area contributed by atoms with Crippen molar-refractivity contribution in [3.8, 4) is 17.2 Å². The highest BCUT2D eigenvalue weighted by Crippen LogP contribution is 2.43. The van der Waals surface area contributed by atoms with Crippen LogP contribution in [0, 0.1) is 6.92 Å². The molecule has 0 spiro atoms. The van der Waals surface area contributed by atoms with Crippen LogP contribution in [0.4, 0.5) is 0 Å². The minimum Gasteiger partial charge on any atom is -0.493 e. The summed E-state index contributed by atoms with van der Waals surface area (Å²) in [7, 11) is 3.33. The Bertz CT molecular complexity index is 681. The van der Waals surface area contributed by atoms with Crippen molar-refractivity contribution < 1.29 is 28.5 Å². The molecule has 1 aromatic rings. The molecule has 0 amide bonds. The summed E-state index contributed by atoms with van der Waals surface area (Å²) in [6.07, 6.45) is 13.2. The fraction of sp³-hybridized carbons (Fsp3) is 0.731. The standard InChI is InChI=1S/C26H42O6/c1-20-19-23(28-3)26(29-4)25(32-24-16-12-14-18-31-24)22(20)15-11-9-7-5-6-8-10-13-17-30-21(2)27/h19,24H,5-18H2,1-4H3.